The van der Waals surface area contributed by atoms with E-state index in [4.69, 9.17) is 9.72 Å². The minimum atomic E-state index is 0. The van der Waals surface area contributed by atoms with Crippen LogP contribution in [-0.4, -0.2) is 49.1 Å². The predicted molar refractivity (Wildman–Crippen MR) is 141 cm³/mol. The summed E-state index contributed by atoms with van der Waals surface area (Å²) in [5.41, 5.74) is 2.37. The molecule has 1 aromatic heterocycles. The maximum Gasteiger partial charge on any atom is 0.191 e. The van der Waals surface area contributed by atoms with Gasteiger partial charge in [0.2, 0.25) is 0 Å². The lowest BCUT2D eigenvalue weighted by Gasteiger charge is -2.31. The Hall–Kier alpha value is -1.39. The summed E-state index contributed by atoms with van der Waals surface area (Å²) in [6, 6.07) is 8.15. The molecule has 0 bridgehead atoms. The highest BCUT2D eigenvalue weighted by Crippen LogP contribution is 2.20. The topological polar surface area (TPSA) is 61.8 Å². The van der Waals surface area contributed by atoms with Gasteiger partial charge in [-0.05, 0) is 51.3 Å². The average molecular weight is 558 g/mol. The second-order valence-electron chi connectivity index (χ2n) is 7.65. The molecule has 1 aromatic carbocycles. The molecule has 31 heavy (non-hydrogen) atoms. The second-order valence-corrected chi connectivity index (χ2v) is 8.60. The van der Waals surface area contributed by atoms with Gasteiger partial charge < -0.3 is 15.4 Å². The Bertz CT molecular complexity index is 805. The smallest absolute Gasteiger partial charge is 0.191 e. The maximum absolute atomic E-state index is 5.71. The van der Waals surface area contributed by atoms with Crippen molar-refractivity contribution in [1.82, 2.24) is 20.5 Å². The van der Waals surface area contributed by atoms with Gasteiger partial charge in [0.05, 0.1) is 17.3 Å². The first-order valence-electron chi connectivity index (χ1n) is 11.0. The third-order valence-electron chi connectivity index (χ3n) is 5.50. The number of rotatable bonds is 9. The molecular weight excluding hydrogens is 521 g/mol. The Morgan fingerprint density at radius 1 is 1.23 bits per heavy atom. The molecule has 1 fully saturated rings. The van der Waals surface area contributed by atoms with Crippen molar-refractivity contribution in [3.8, 4) is 5.75 Å². The fourth-order valence-corrected chi connectivity index (χ4v) is 4.48. The second kappa shape index (κ2) is 13.9. The number of likely N-dealkylation sites (tertiary alicyclic amines) is 1. The molecule has 0 spiro atoms. The van der Waals surface area contributed by atoms with Crippen LogP contribution in [0.3, 0.4) is 0 Å². The zero-order chi connectivity index (χ0) is 21.2. The monoisotopic (exact) mass is 557 g/mol. The van der Waals surface area contributed by atoms with Gasteiger partial charge in [-0.3, -0.25) is 9.89 Å². The maximum atomic E-state index is 5.71. The Morgan fingerprint density at radius 2 is 2.00 bits per heavy atom. The molecule has 1 aliphatic heterocycles. The Labute approximate surface area is 207 Å². The molecule has 0 unspecified atom stereocenters. The molecule has 0 saturated carbocycles. The standard InChI is InChI=1S/C23H35N5OS.HI/c1-4-22-27-20(17-30-22)16-28-12-10-18(11-13-28)14-25-23(24-3)26-15-19-8-6-7-9-21(19)29-5-2;/h6-9,17-18H,4-5,10-16H2,1-3H3,(H2,24,25,26);1H. The molecule has 2 N–H and O–H groups in total. The van der Waals surface area contributed by atoms with Gasteiger partial charge in [0, 0.05) is 37.6 Å². The highest BCUT2D eigenvalue weighted by molar-refractivity contribution is 14.0. The normalized spacial score (nSPS) is 15.4. The fourth-order valence-electron chi connectivity index (χ4n) is 3.75. The van der Waals surface area contributed by atoms with Crippen molar-refractivity contribution < 1.29 is 4.74 Å². The molecule has 8 heteroatoms. The first-order chi connectivity index (χ1) is 14.7. The van der Waals surface area contributed by atoms with E-state index >= 15 is 0 Å². The van der Waals surface area contributed by atoms with Crippen LogP contribution in [0.1, 0.15) is 43.0 Å². The van der Waals surface area contributed by atoms with Crippen LogP contribution in [0, 0.1) is 5.92 Å². The summed E-state index contributed by atoms with van der Waals surface area (Å²) in [4.78, 5) is 11.6. The summed E-state index contributed by atoms with van der Waals surface area (Å²) < 4.78 is 5.71. The molecule has 1 saturated heterocycles. The molecule has 1 aliphatic rings. The van der Waals surface area contributed by atoms with Crippen LogP contribution in [0.15, 0.2) is 34.6 Å². The highest BCUT2D eigenvalue weighted by Gasteiger charge is 2.20. The van der Waals surface area contributed by atoms with Gasteiger partial charge in [0.15, 0.2) is 5.96 Å². The number of ether oxygens (including phenoxy) is 1. The van der Waals surface area contributed by atoms with Crippen molar-refractivity contribution in [1.29, 1.82) is 0 Å². The first-order valence-corrected chi connectivity index (χ1v) is 11.9. The summed E-state index contributed by atoms with van der Waals surface area (Å²) in [5, 5.41) is 10.4. The molecule has 2 heterocycles. The molecular formula is C23H36IN5OS. The Kier molecular flexibility index (Phi) is 11.6. The van der Waals surface area contributed by atoms with Gasteiger partial charge in [0.25, 0.3) is 0 Å². The predicted octanol–water partition coefficient (Wildman–Crippen LogP) is 4.30. The summed E-state index contributed by atoms with van der Waals surface area (Å²) in [6.45, 7) is 9.76. The number of thiazole rings is 1. The number of nitrogens with one attached hydrogen (secondary N) is 2. The van der Waals surface area contributed by atoms with Crippen molar-refractivity contribution in [2.75, 3.05) is 33.3 Å². The van der Waals surface area contributed by atoms with Gasteiger partial charge >= 0.3 is 0 Å². The number of aryl methyl sites for hydroxylation is 1. The number of aromatic nitrogens is 1. The molecule has 0 aliphatic carbocycles. The average Bonchev–Trinajstić information content (AvgIpc) is 3.24. The van der Waals surface area contributed by atoms with Crippen LogP contribution >= 0.6 is 35.3 Å². The lowest BCUT2D eigenvalue weighted by Crippen LogP contribution is -2.42. The van der Waals surface area contributed by atoms with E-state index < -0.39 is 0 Å². The van der Waals surface area contributed by atoms with E-state index in [9.17, 15) is 0 Å². The van der Waals surface area contributed by atoms with Crippen molar-refractivity contribution in [3.05, 3.63) is 45.9 Å². The zero-order valence-corrected chi connectivity index (χ0v) is 22.0. The van der Waals surface area contributed by atoms with E-state index in [2.05, 4.69) is 38.9 Å². The number of hydrogen-bond acceptors (Lipinski definition) is 5. The molecule has 0 amide bonds. The summed E-state index contributed by atoms with van der Waals surface area (Å²) in [7, 11) is 1.82. The lowest BCUT2D eigenvalue weighted by atomic mass is 9.97. The van der Waals surface area contributed by atoms with Crippen LogP contribution < -0.4 is 15.4 Å². The zero-order valence-electron chi connectivity index (χ0n) is 18.9. The molecule has 6 nitrogen and oxygen atoms in total. The number of halogens is 1. The first kappa shape index (κ1) is 25.9. The number of piperidine rings is 1. The summed E-state index contributed by atoms with van der Waals surface area (Å²) >= 11 is 1.78. The van der Waals surface area contributed by atoms with Crippen LogP contribution in [0.25, 0.3) is 0 Å². The number of nitrogens with zero attached hydrogens (tertiary/aromatic N) is 3. The van der Waals surface area contributed by atoms with Crippen LogP contribution in [0.2, 0.25) is 0 Å². The van der Waals surface area contributed by atoms with Crippen molar-refractivity contribution in [3.63, 3.8) is 0 Å². The van der Waals surface area contributed by atoms with Crippen LogP contribution in [-0.2, 0) is 19.5 Å². The molecule has 172 valence electrons. The Morgan fingerprint density at radius 3 is 2.68 bits per heavy atom. The van der Waals surface area contributed by atoms with E-state index in [1.54, 1.807) is 11.3 Å². The van der Waals surface area contributed by atoms with Crippen molar-refractivity contribution >= 4 is 41.3 Å². The third kappa shape index (κ3) is 8.23. The van der Waals surface area contributed by atoms with E-state index in [-0.39, 0.29) is 24.0 Å². The van der Waals surface area contributed by atoms with Gasteiger partial charge in [0.1, 0.15) is 5.75 Å². The highest BCUT2D eigenvalue weighted by atomic mass is 127. The fraction of sp³-hybridized carbons (Fsp3) is 0.565. The number of benzene rings is 1. The minimum absolute atomic E-state index is 0. The summed E-state index contributed by atoms with van der Waals surface area (Å²) in [6.07, 6.45) is 3.45. The number of aliphatic imine (C=N–C) groups is 1. The quantitative estimate of drug-likeness (QED) is 0.274. The summed E-state index contributed by atoms with van der Waals surface area (Å²) in [5.74, 6) is 2.46. The van der Waals surface area contributed by atoms with Gasteiger partial charge in [-0.2, -0.15) is 0 Å². The van der Waals surface area contributed by atoms with Crippen LogP contribution in [0.4, 0.5) is 0 Å². The number of hydrogen-bond donors (Lipinski definition) is 2. The van der Waals surface area contributed by atoms with Crippen molar-refractivity contribution in [2.45, 2.75) is 46.2 Å². The molecule has 0 atom stereocenters. The van der Waals surface area contributed by atoms with Crippen LogP contribution in [0.5, 0.6) is 5.75 Å². The van der Waals surface area contributed by atoms with E-state index in [0.29, 0.717) is 19.1 Å². The minimum Gasteiger partial charge on any atom is -0.494 e. The van der Waals surface area contributed by atoms with Crippen molar-refractivity contribution in [2.24, 2.45) is 10.9 Å². The Balaban J connectivity index is 0.00000341. The number of para-hydroxylation sites is 1. The van der Waals surface area contributed by atoms with E-state index in [1.807, 2.05) is 32.2 Å². The lowest BCUT2D eigenvalue weighted by molar-refractivity contribution is 0.176. The van der Waals surface area contributed by atoms with E-state index in [1.165, 1.54) is 23.5 Å². The largest absolute Gasteiger partial charge is 0.494 e. The SMILES string of the molecule is CCOc1ccccc1CNC(=NC)NCC1CCN(Cc2csc(CC)n2)CC1.I. The number of guanidine groups is 1. The molecule has 0 radical (unpaired) electrons. The van der Waals surface area contributed by atoms with Gasteiger partial charge in [-0.15, -0.1) is 35.3 Å². The third-order valence-corrected chi connectivity index (χ3v) is 6.54. The van der Waals surface area contributed by atoms with E-state index in [0.717, 1.165) is 49.9 Å². The molecule has 2 aromatic rings. The van der Waals surface area contributed by atoms with Gasteiger partial charge in [-0.25, -0.2) is 4.98 Å². The molecule has 3 rings (SSSR count). The van der Waals surface area contributed by atoms with Gasteiger partial charge in [-0.1, -0.05) is 25.1 Å².